The Kier molecular flexibility index (Phi) is 12.4. The van der Waals surface area contributed by atoms with E-state index >= 15 is 0 Å². The van der Waals surface area contributed by atoms with Crippen LogP contribution >= 0.6 is 11.8 Å². The number of sulfone groups is 1. The van der Waals surface area contributed by atoms with E-state index in [9.17, 15) is 13.2 Å². The van der Waals surface area contributed by atoms with E-state index in [4.69, 9.17) is 4.74 Å². The minimum atomic E-state index is -3.23. The topological polar surface area (TPSA) is 60.4 Å². The summed E-state index contributed by atoms with van der Waals surface area (Å²) >= 11 is 1.85. The second-order valence-electron chi connectivity index (χ2n) is 8.95. The third kappa shape index (κ3) is 10.9. The van der Waals surface area contributed by atoms with Crippen LogP contribution in [0.5, 0.6) is 0 Å². The Hall–Kier alpha value is -2.31. The Morgan fingerprint density at radius 3 is 2.11 bits per heavy atom. The lowest BCUT2D eigenvalue weighted by Gasteiger charge is -2.09. The van der Waals surface area contributed by atoms with E-state index in [1.807, 2.05) is 49.9 Å². The zero-order valence-electron chi connectivity index (χ0n) is 21.2. The first-order valence-electron chi connectivity index (χ1n) is 12.3. The molecule has 1 atom stereocenters. The number of carbonyl (C=O) groups excluding carboxylic acids is 1. The second-order valence-corrected chi connectivity index (χ2v) is 12.1. The largest absolute Gasteiger partial charge is 0.462 e. The number of hydrogen-bond donors (Lipinski definition) is 0. The molecule has 2 aromatic carbocycles. The maximum absolute atomic E-state index is 12.5. The first kappa shape index (κ1) is 28.9. The van der Waals surface area contributed by atoms with Crippen LogP contribution in [0.15, 0.2) is 70.5 Å². The molecule has 0 saturated heterocycles. The van der Waals surface area contributed by atoms with Gasteiger partial charge in [0.2, 0.25) is 0 Å². The van der Waals surface area contributed by atoms with Crippen LogP contribution in [0.4, 0.5) is 0 Å². The molecule has 0 fully saturated rings. The van der Waals surface area contributed by atoms with Gasteiger partial charge in [-0.05, 0) is 66.8 Å². The van der Waals surface area contributed by atoms with Crippen molar-refractivity contribution in [2.45, 2.75) is 62.7 Å². The molecule has 2 rings (SSSR count). The Morgan fingerprint density at radius 1 is 0.971 bits per heavy atom. The zero-order chi connectivity index (χ0) is 25.7. The molecular weight excluding hydrogens is 476 g/mol. The van der Waals surface area contributed by atoms with Crippen molar-refractivity contribution in [1.29, 1.82) is 0 Å². The fraction of sp³-hybridized carbons (Fsp3) is 0.414. The van der Waals surface area contributed by atoms with Gasteiger partial charge in [-0.3, -0.25) is 0 Å². The third-order valence-electron chi connectivity index (χ3n) is 5.68. The number of hydrogen-bond acceptors (Lipinski definition) is 5. The molecule has 0 saturated carbocycles. The van der Waals surface area contributed by atoms with Crippen LogP contribution < -0.4 is 0 Å². The number of rotatable bonds is 15. The highest BCUT2D eigenvalue weighted by atomic mass is 32.2. The Balaban J connectivity index is 1.72. The van der Waals surface area contributed by atoms with Gasteiger partial charge >= 0.3 is 5.97 Å². The molecule has 4 nitrogen and oxygen atoms in total. The van der Waals surface area contributed by atoms with Crippen LogP contribution in [-0.4, -0.2) is 32.5 Å². The van der Waals surface area contributed by atoms with E-state index in [0.29, 0.717) is 17.1 Å². The van der Waals surface area contributed by atoms with Gasteiger partial charge in [-0.25, -0.2) is 13.2 Å². The molecule has 0 aliphatic rings. The summed E-state index contributed by atoms with van der Waals surface area (Å²) in [6.07, 6.45) is 9.09. The average molecular weight is 515 g/mol. The van der Waals surface area contributed by atoms with Gasteiger partial charge in [-0.1, -0.05) is 76.1 Å². The highest BCUT2D eigenvalue weighted by Crippen LogP contribution is 2.22. The van der Waals surface area contributed by atoms with Gasteiger partial charge < -0.3 is 4.74 Å². The lowest BCUT2D eigenvalue weighted by molar-refractivity contribution is -0.139. The predicted octanol–water partition coefficient (Wildman–Crippen LogP) is 7.45. The summed E-state index contributed by atoms with van der Waals surface area (Å²) in [6, 6.07) is 15.6. The highest BCUT2D eigenvalue weighted by molar-refractivity contribution is 7.99. The van der Waals surface area contributed by atoms with Crippen molar-refractivity contribution >= 4 is 39.7 Å². The number of thioether (sulfide) groups is 1. The molecule has 6 heteroatoms. The molecule has 35 heavy (non-hydrogen) atoms. The van der Waals surface area contributed by atoms with Crippen LogP contribution in [0.25, 0.3) is 12.2 Å². The summed E-state index contributed by atoms with van der Waals surface area (Å²) < 4.78 is 30.1. The van der Waals surface area contributed by atoms with Crippen LogP contribution in [-0.2, 0) is 19.4 Å². The van der Waals surface area contributed by atoms with Gasteiger partial charge in [0.1, 0.15) is 0 Å². The summed E-state index contributed by atoms with van der Waals surface area (Å²) in [5.41, 5.74) is 2.52. The molecule has 0 spiro atoms. The minimum absolute atomic E-state index is 0.158. The van der Waals surface area contributed by atoms with E-state index in [-0.39, 0.29) is 17.6 Å². The summed E-state index contributed by atoms with van der Waals surface area (Å²) in [6.45, 7) is 9.68. The maximum atomic E-state index is 12.5. The lowest BCUT2D eigenvalue weighted by atomic mass is 10.1. The van der Waals surface area contributed by atoms with Crippen LogP contribution in [0, 0.1) is 5.92 Å². The number of esters is 1. The first-order valence-corrected chi connectivity index (χ1v) is 14.9. The fourth-order valence-corrected chi connectivity index (χ4v) is 5.92. The number of benzene rings is 2. The molecule has 0 amide bonds. The molecule has 0 aliphatic heterocycles. The molecule has 0 aliphatic carbocycles. The maximum Gasteiger partial charge on any atom is 0.333 e. The van der Waals surface area contributed by atoms with Gasteiger partial charge in [0, 0.05) is 10.5 Å². The van der Waals surface area contributed by atoms with E-state index in [0.717, 1.165) is 49.0 Å². The quantitative estimate of drug-likeness (QED) is 0.0812. The SMILES string of the molecule is C=C(C)C(=O)OCCCCCCSc1ccc(/C=C/c2ccc(S(=O)(=O)CC(C)CC)cc2)cc1. The summed E-state index contributed by atoms with van der Waals surface area (Å²) in [5, 5.41) is 0. The van der Waals surface area contributed by atoms with E-state index < -0.39 is 9.84 Å². The van der Waals surface area contributed by atoms with Crippen LogP contribution in [0.3, 0.4) is 0 Å². The van der Waals surface area contributed by atoms with Crippen molar-refractivity contribution in [3.8, 4) is 0 Å². The minimum Gasteiger partial charge on any atom is -0.462 e. The van der Waals surface area contributed by atoms with Crippen molar-refractivity contribution in [3.05, 3.63) is 71.8 Å². The van der Waals surface area contributed by atoms with Gasteiger partial charge in [0.25, 0.3) is 0 Å². The molecule has 2 aromatic rings. The smallest absolute Gasteiger partial charge is 0.333 e. The van der Waals surface area contributed by atoms with Crippen molar-refractivity contribution in [2.24, 2.45) is 5.92 Å². The number of ether oxygens (including phenoxy) is 1. The Morgan fingerprint density at radius 2 is 1.54 bits per heavy atom. The summed E-state index contributed by atoms with van der Waals surface area (Å²) in [5.74, 6) is 1.11. The van der Waals surface area contributed by atoms with E-state index in [1.165, 1.54) is 4.90 Å². The summed E-state index contributed by atoms with van der Waals surface area (Å²) in [4.78, 5) is 12.9. The standard InChI is InChI=1S/C29H38O4S2/c1-5-24(4)22-35(31,32)28-18-14-26(15-19-28)11-10-25-12-16-27(17-13-25)34-21-9-7-6-8-20-33-29(30)23(2)3/h10-19,24H,2,5-9,20-22H2,1,3-4H3/b11-10+. The molecule has 0 heterocycles. The molecule has 0 bridgehead atoms. The Bertz CT molecular complexity index is 1070. The fourth-order valence-electron chi connectivity index (χ4n) is 3.28. The molecule has 0 N–H and O–H groups in total. The summed E-state index contributed by atoms with van der Waals surface area (Å²) in [7, 11) is -3.23. The van der Waals surface area contributed by atoms with Crippen molar-refractivity contribution in [2.75, 3.05) is 18.1 Å². The molecule has 0 aromatic heterocycles. The lowest BCUT2D eigenvalue weighted by Crippen LogP contribution is -2.13. The van der Waals surface area contributed by atoms with E-state index in [1.54, 1.807) is 19.1 Å². The average Bonchev–Trinajstić information content (AvgIpc) is 2.84. The zero-order valence-corrected chi connectivity index (χ0v) is 22.8. The van der Waals surface area contributed by atoms with Crippen molar-refractivity contribution < 1.29 is 17.9 Å². The predicted molar refractivity (Wildman–Crippen MR) is 148 cm³/mol. The van der Waals surface area contributed by atoms with E-state index in [2.05, 4.69) is 30.8 Å². The molecule has 1 unspecified atom stereocenters. The molecule has 0 radical (unpaired) electrons. The van der Waals surface area contributed by atoms with Gasteiger partial charge in [0.05, 0.1) is 17.3 Å². The van der Waals surface area contributed by atoms with Crippen LogP contribution in [0.2, 0.25) is 0 Å². The highest BCUT2D eigenvalue weighted by Gasteiger charge is 2.17. The van der Waals surface area contributed by atoms with Gasteiger partial charge in [-0.15, -0.1) is 11.8 Å². The normalized spacial score (nSPS) is 12.5. The number of unbranched alkanes of at least 4 members (excludes halogenated alkanes) is 3. The first-order chi connectivity index (χ1) is 16.7. The van der Waals surface area contributed by atoms with Crippen LogP contribution in [0.1, 0.15) is 64.0 Å². The molecule has 190 valence electrons. The van der Waals surface area contributed by atoms with Crippen molar-refractivity contribution in [3.63, 3.8) is 0 Å². The van der Waals surface area contributed by atoms with Crippen molar-refractivity contribution in [1.82, 2.24) is 0 Å². The second kappa shape index (κ2) is 14.9. The van der Waals surface area contributed by atoms with Gasteiger partial charge in [-0.2, -0.15) is 0 Å². The third-order valence-corrected chi connectivity index (χ3v) is 8.77. The Labute approximate surface area is 215 Å². The number of carbonyl (C=O) groups is 1. The molecular formula is C29H38O4S2. The monoisotopic (exact) mass is 514 g/mol. The van der Waals surface area contributed by atoms with Gasteiger partial charge in [0.15, 0.2) is 9.84 Å².